The Morgan fingerprint density at radius 1 is 1.17 bits per heavy atom. The van der Waals surface area contributed by atoms with Crippen molar-refractivity contribution in [1.29, 1.82) is 0 Å². The van der Waals surface area contributed by atoms with Crippen LogP contribution in [-0.4, -0.2) is 57.6 Å². The summed E-state index contributed by atoms with van der Waals surface area (Å²) in [6.07, 6.45) is 7.33. The van der Waals surface area contributed by atoms with Crippen LogP contribution in [0.4, 0.5) is 0 Å². The number of aromatic nitrogens is 4. The van der Waals surface area contributed by atoms with Crippen molar-refractivity contribution < 1.29 is 4.74 Å². The zero-order chi connectivity index (χ0) is 20.2. The summed E-state index contributed by atoms with van der Waals surface area (Å²) in [4.78, 5) is 7.32. The first-order chi connectivity index (χ1) is 14.2. The van der Waals surface area contributed by atoms with Gasteiger partial charge in [-0.05, 0) is 32.7 Å². The molecule has 0 saturated carbocycles. The SMILES string of the molecule is COCCN1CC[C@H](Cn2cnc(-c3ccccc3)c2-c2cnn(C(C)C)c2)C1. The summed E-state index contributed by atoms with van der Waals surface area (Å²) in [5.41, 5.74) is 4.47. The summed E-state index contributed by atoms with van der Waals surface area (Å²) in [6, 6.07) is 10.8. The molecule has 1 aliphatic rings. The standard InChI is InChI=1S/C23H31N5O/c1-18(2)28-16-21(13-25-28)23-22(20-7-5-4-6-8-20)24-17-27(23)15-19-9-10-26(14-19)11-12-29-3/h4-8,13,16-19H,9-12,14-15H2,1-3H3/t19-/m0/s1. The molecule has 6 heteroatoms. The van der Waals surface area contributed by atoms with Crippen molar-refractivity contribution in [1.82, 2.24) is 24.2 Å². The van der Waals surface area contributed by atoms with Gasteiger partial charge in [-0.2, -0.15) is 5.10 Å². The first-order valence-electron chi connectivity index (χ1n) is 10.5. The highest BCUT2D eigenvalue weighted by Gasteiger charge is 2.25. The van der Waals surface area contributed by atoms with Crippen LogP contribution in [0.1, 0.15) is 26.3 Å². The summed E-state index contributed by atoms with van der Waals surface area (Å²) >= 11 is 0. The summed E-state index contributed by atoms with van der Waals surface area (Å²) in [5, 5.41) is 4.58. The minimum atomic E-state index is 0.337. The molecule has 0 N–H and O–H groups in total. The van der Waals surface area contributed by atoms with Gasteiger partial charge < -0.3 is 14.2 Å². The molecule has 29 heavy (non-hydrogen) atoms. The van der Waals surface area contributed by atoms with Crippen molar-refractivity contribution >= 4 is 0 Å². The third kappa shape index (κ3) is 4.43. The van der Waals surface area contributed by atoms with E-state index < -0.39 is 0 Å². The number of hydrogen-bond donors (Lipinski definition) is 0. The van der Waals surface area contributed by atoms with Crippen LogP contribution in [0.3, 0.4) is 0 Å². The van der Waals surface area contributed by atoms with E-state index in [-0.39, 0.29) is 0 Å². The van der Waals surface area contributed by atoms with Gasteiger partial charge in [-0.25, -0.2) is 4.98 Å². The largest absolute Gasteiger partial charge is 0.383 e. The number of nitrogens with zero attached hydrogens (tertiary/aromatic N) is 5. The zero-order valence-electron chi connectivity index (χ0n) is 17.7. The number of benzene rings is 1. The van der Waals surface area contributed by atoms with E-state index in [1.165, 1.54) is 12.1 Å². The molecule has 2 aromatic heterocycles. The van der Waals surface area contributed by atoms with Gasteiger partial charge in [0.15, 0.2) is 0 Å². The Balaban J connectivity index is 1.63. The van der Waals surface area contributed by atoms with Crippen molar-refractivity contribution in [2.45, 2.75) is 32.9 Å². The van der Waals surface area contributed by atoms with Crippen LogP contribution in [0.15, 0.2) is 49.1 Å². The zero-order valence-corrected chi connectivity index (χ0v) is 17.7. The van der Waals surface area contributed by atoms with E-state index in [1.54, 1.807) is 7.11 Å². The Morgan fingerprint density at radius 3 is 2.72 bits per heavy atom. The Hall–Kier alpha value is -2.44. The molecular formula is C23H31N5O. The first-order valence-corrected chi connectivity index (χ1v) is 10.5. The molecule has 0 unspecified atom stereocenters. The molecule has 6 nitrogen and oxygen atoms in total. The lowest BCUT2D eigenvalue weighted by atomic mass is 10.1. The Labute approximate surface area is 173 Å². The third-order valence-corrected chi connectivity index (χ3v) is 5.73. The Bertz CT molecular complexity index is 915. The molecule has 1 atom stereocenters. The highest BCUT2D eigenvalue weighted by molar-refractivity contribution is 5.78. The average molecular weight is 394 g/mol. The van der Waals surface area contributed by atoms with Crippen molar-refractivity contribution in [3.8, 4) is 22.5 Å². The van der Waals surface area contributed by atoms with E-state index in [4.69, 9.17) is 9.72 Å². The van der Waals surface area contributed by atoms with Crippen molar-refractivity contribution in [3.05, 3.63) is 49.1 Å². The quantitative estimate of drug-likeness (QED) is 0.581. The lowest BCUT2D eigenvalue weighted by molar-refractivity contribution is 0.158. The van der Waals surface area contributed by atoms with Crippen LogP contribution in [0.2, 0.25) is 0 Å². The maximum absolute atomic E-state index is 5.24. The smallest absolute Gasteiger partial charge is 0.0964 e. The fourth-order valence-electron chi connectivity index (χ4n) is 4.14. The molecule has 3 aromatic rings. The number of imidazole rings is 1. The average Bonchev–Trinajstić information content (AvgIpc) is 3.47. The number of ether oxygens (including phenoxy) is 1. The van der Waals surface area contributed by atoms with Gasteiger partial charge in [0.25, 0.3) is 0 Å². The molecule has 0 aliphatic carbocycles. The second-order valence-corrected chi connectivity index (χ2v) is 8.21. The Kier molecular flexibility index (Phi) is 6.11. The van der Waals surface area contributed by atoms with Crippen LogP contribution in [0.25, 0.3) is 22.5 Å². The summed E-state index contributed by atoms with van der Waals surface area (Å²) in [7, 11) is 1.77. The van der Waals surface area contributed by atoms with Gasteiger partial charge in [0.1, 0.15) is 0 Å². The van der Waals surface area contributed by atoms with Crippen LogP contribution in [0.5, 0.6) is 0 Å². The highest BCUT2D eigenvalue weighted by atomic mass is 16.5. The number of rotatable bonds is 8. The van der Waals surface area contributed by atoms with Crippen molar-refractivity contribution in [2.75, 3.05) is 33.4 Å². The number of likely N-dealkylation sites (tertiary alicyclic amines) is 1. The monoisotopic (exact) mass is 393 g/mol. The van der Waals surface area contributed by atoms with Gasteiger partial charge >= 0.3 is 0 Å². The molecule has 0 bridgehead atoms. The van der Waals surface area contributed by atoms with Gasteiger partial charge in [-0.15, -0.1) is 0 Å². The van der Waals surface area contributed by atoms with Gasteiger partial charge in [-0.1, -0.05) is 30.3 Å². The predicted molar refractivity (Wildman–Crippen MR) is 116 cm³/mol. The van der Waals surface area contributed by atoms with Gasteiger partial charge in [0.05, 0.1) is 30.5 Å². The van der Waals surface area contributed by atoms with E-state index in [0.717, 1.165) is 49.6 Å². The molecule has 1 aliphatic heterocycles. The molecule has 4 rings (SSSR count). The first kappa shape index (κ1) is 19.9. The lowest BCUT2D eigenvalue weighted by Crippen LogP contribution is -2.25. The molecule has 0 amide bonds. The van der Waals surface area contributed by atoms with E-state index >= 15 is 0 Å². The number of hydrogen-bond acceptors (Lipinski definition) is 4. The normalized spacial score (nSPS) is 17.4. The fraction of sp³-hybridized carbons (Fsp3) is 0.478. The summed E-state index contributed by atoms with van der Waals surface area (Å²) in [5.74, 6) is 0.628. The van der Waals surface area contributed by atoms with Gasteiger partial charge in [0, 0.05) is 50.1 Å². The summed E-state index contributed by atoms with van der Waals surface area (Å²) in [6.45, 7) is 9.36. The second kappa shape index (κ2) is 8.93. The van der Waals surface area contributed by atoms with E-state index in [9.17, 15) is 0 Å². The molecule has 0 radical (unpaired) electrons. The molecule has 154 valence electrons. The number of methoxy groups -OCH3 is 1. The molecule has 1 fully saturated rings. The van der Waals surface area contributed by atoms with E-state index in [1.807, 2.05) is 23.3 Å². The van der Waals surface area contributed by atoms with Crippen LogP contribution < -0.4 is 0 Å². The molecule has 0 spiro atoms. The maximum Gasteiger partial charge on any atom is 0.0964 e. The highest BCUT2D eigenvalue weighted by Crippen LogP contribution is 2.32. The van der Waals surface area contributed by atoms with Gasteiger partial charge in [-0.3, -0.25) is 4.68 Å². The van der Waals surface area contributed by atoms with E-state index in [0.29, 0.717) is 12.0 Å². The lowest BCUT2D eigenvalue weighted by Gasteiger charge is -2.16. The van der Waals surface area contributed by atoms with Crippen molar-refractivity contribution in [2.24, 2.45) is 5.92 Å². The minimum absolute atomic E-state index is 0.337. The topological polar surface area (TPSA) is 48.1 Å². The Morgan fingerprint density at radius 2 is 2.00 bits per heavy atom. The van der Waals surface area contributed by atoms with Crippen molar-refractivity contribution in [3.63, 3.8) is 0 Å². The summed E-state index contributed by atoms with van der Waals surface area (Å²) < 4.78 is 9.59. The third-order valence-electron chi connectivity index (χ3n) is 5.73. The second-order valence-electron chi connectivity index (χ2n) is 8.21. The molecule has 1 aromatic carbocycles. The molecule has 1 saturated heterocycles. The maximum atomic E-state index is 5.24. The molecule has 3 heterocycles. The predicted octanol–water partition coefficient (Wildman–Crippen LogP) is 3.96. The van der Waals surface area contributed by atoms with E-state index in [2.05, 4.69) is 58.9 Å². The van der Waals surface area contributed by atoms with Gasteiger partial charge in [0.2, 0.25) is 0 Å². The van der Waals surface area contributed by atoms with Crippen LogP contribution in [0, 0.1) is 5.92 Å². The minimum Gasteiger partial charge on any atom is -0.383 e. The molecular weight excluding hydrogens is 362 g/mol. The fourth-order valence-corrected chi connectivity index (χ4v) is 4.14. The van der Waals surface area contributed by atoms with Crippen LogP contribution >= 0.6 is 0 Å². The van der Waals surface area contributed by atoms with Crippen LogP contribution in [-0.2, 0) is 11.3 Å².